The van der Waals surface area contributed by atoms with Gasteiger partial charge in [-0.25, -0.2) is 9.18 Å². The molecular weight excluding hydrogens is 357 g/mol. The third kappa shape index (κ3) is 3.47. The Morgan fingerprint density at radius 1 is 1.42 bits per heavy atom. The van der Waals surface area contributed by atoms with Crippen LogP contribution < -0.4 is 15.1 Å². The summed E-state index contributed by atoms with van der Waals surface area (Å²) in [6.45, 7) is 3.70. The Labute approximate surface area is 156 Å². The van der Waals surface area contributed by atoms with Crippen LogP contribution in [0.1, 0.15) is 19.8 Å². The number of nitrogens with one attached hydrogen (secondary N) is 1. The van der Waals surface area contributed by atoms with E-state index in [4.69, 9.17) is 4.74 Å². The molecule has 2 amide bonds. The predicted octanol–water partition coefficient (Wildman–Crippen LogP) is 2.37. The lowest BCUT2D eigenvalue weighted by Gasteiger charge is -2.33. The Morgan fingerprint density at radius 3 is 2.77 bits per heavy atom. The number of ether oxygens (including phenoxy) is 1. The number of cyclic esters (lactones) is 1. The Balaban J connectivity index is 1.42. The van der Waals surface area contributed by atoms with Gasteiger partial charge in [-0.1, -0.05) is 0 Å². The average molecular weight is 379 g/mol. The summed E-state index contributed by atoms with van der Waals surface area (Å²) in [4.78, 5) is 26.5. The van der Waals surface area contributed by atoms with Gasteiger partial charge in [0.05, 0.1) is 24.5 Å². The van der Waals surface area contributed by atoms with E-state index in [2.05, 4.69) is 10.2 Å². The molecule has 3 fully saturated rings. The van der Waals surface area contributed by atoms with Crippen LogP contribution >= 0.6 is 11.8 Å². The summed E-state index contributed by atoms with van der Waals surface area (Å²) in [5.41, 5.74) is 1.07. The van der Waals surface area contributed by atoms with E-state index in [1.807, 2.05) is 11.8 Å². The number of thioether (sulfide) groups is 1. The van der Waals surface area contributed by atoms with Crippen LogP contribution in [0.4, 0.5) is 20.6 Å². The van der Waals surface area contributed by atoms with E-state index in [1.165, 1.54) is 23.6 Å². The predicted molar refractivity (Wildman–Crippen MR) is 99.3 cm³/mol. The van der Waals surface area contributed by atoms with E-state index in [0.717, 1.165) is 25.9 Å². The number of carbonyl (C=O) groups is 2. The van der Waals surface area contributed by atoms with Gasteiger partial charge in [0, 0.05) is 30.5 Å². The molecule has 1 unspecified atom stereocenters. The van der Waals surface area contributed by atoms with Gasteiger partial charge in [-0.2, -0.15) is 11.8 Å². The Hall–Kier alpha value is -1.96. The number of benzene rings is 1. The SMILES string of the molecule is CC(=O)NCC1CN(c2ccc(N3CCC4(CC3)CS4)c(F)c2)C(=O)O1. The topological polar surface area (TPSA) is 61.9 Å². The van der Waals surface area contributed by atoms with E-state index in [0.29, 0.717) is 22.7 Å². The first-order chi connectivity index (χ1) is 12.5. The van der Waals surface area contributed by atoms with Gasteiger partial charge in [0.2, 0.25) is 5.91 Å². The van der Waals surface area contributed by atoms with Crippen LogP contribution in [0.25, 0.3) is 0 Å². The molecule has 1 aromatic rings. The molecule has 1 N–H and O–H groups in total. The van der Waals surface area contributed by atoms with Crippen molar-refractivity contribution in [2.24, 2.45) is 0 Å². The molecule has 0 aromatic heterocycles. The van der Waals surface area contributed by atoms with Gasteiger partial charge in [-0.05, 0) is 31.0 Å². The molecule has 3 aliphatic heterocycles. The fourth-order valence-corrected chi connectivity index (χ4v) is 4.53. The lowest BCUT2D eigenvalue weighted by molar-refractivity contribution is -0.119. The van der Waals surface area contributed by atoms with Crippen LogP contribution in [0.3, 0.4) is 0 Å². The molecule has 0 radical (unpaired) electrons. The zero-order valence-electron chi connectivity index (χ0n) is 14.7. The van der Waals surface area contributed by atoms with Crippen LogP contribution in [0.15, 0.2) is 18.2 Å². The van der Waals surface area contributed by atoms with E-state index >= 15 is 0 Å². The molecule has 0 saturated carbocycles. The van der Waals surface area contributed by atoms with Gasteiger partial charge in [-0.15, -0.1) is 0 Å². The van der Waals surface area contributed by atoms with Gasteiger partial charge >= 0.3 is 6.09 Å². The normalized spacial score (nSPS) is 23.9. The summed E-state index contributed by atoms with van der Waals surface area (Å²) in [6.07, 6.45) is 1.26. The van der Waals surface area contributed by atoms with Crippen molar-refractivity contribution in [3.05, 3.63) is 24.0 Å². The quantitative estimate of drug-likeness (QED) is 0.814. The zero-order chi connectivity index (χ0) is 18.3. The molecule has 1 atom stereocenters. The summed E-state index contributed by atoms with van der Waals surface area (Å²) >= 11 is 2.01. The molecule has 26 heavy (non-hydrogen) atoms. The summed E-state index contributed by atoms with van der Waals surface area (Å²) < 4.78 is 20.4. The fraction of sp³-hybridized carbons (Fsp3) is 0.556. The first-order valence-corrected chi connectivity index (χ1v) is 9.85. The molecular formula is C18H22FN3O3S. The number of rotatable bonds is 4. The molecule has 0 bridgehead atoms. The summed E-state index contributed by atoms with van der Waals surface area (Å²) in [5, 5.41) is 2.63. The van der Waals surface area contributed by atoms with Gasteiger partial charge in [0.25, 0.3) is 0 Å². The van der Waals surface area contributed by atoms with Crippen LogP contribution in [0, 0.1) is 5.82 Å². The second-order valence-electron chi connectivity index (χ2n) is 7.15. The molecule has 0 aliphatic carbocycles. The lowest BCUT2D eigenvalue weighted by atomic mass is 9.98. The maximum Gasteiger partial charge on any atom is 0.414 e. The third-order valence-corrected chi connectivity index (χ3v) is 6.78. The largest absolute Gasteiger partial charge is 0.442 e. The minimum absolute atomic E-state index is 0.178. The molecule has 3 heterocycles. The van der Waals surface area contributed by atoms with Crippen molar-refractivity contribution >= 4 is 35.1 Å². The fourth-order valence-electron chi connectivity index (χ4n) is 3.56. The second kappa shape index (κ2) is 6.64. The van der Waals surface area contributed by atoms with Crippen LogP contribution in [0.5, 0.6) is 0 Å². The summed E-state index contributed by atoms with van der Waals surface area (Å²) in [5.74, 6) is 0.738. The standard InChI is InChI=1S/C18H22FN3O3S/c1-12(23)20-9-14-10-22(17(24)25-14)13-2-3-16(15(19)8-13)21-6-4-18(5-7-21)11-26-18/h2-3,8,14H,4-7,9-11H2,1H3,(H,20,23). The van der Waals surface area contributed by atoms with Crippen molar-refractivity contribution in [2.45, 2.75) is 30.6 Å². The van der Waals surface area contributed by atoms with Gasteiger partial charge in [0.15, 0.2) is 0 Å². The Morgan fingerprint density at radius 2 is 2.15 bits per heavy atom. The van der Waals surface area contributed by atoms with Crippen LogP contribution in [-0.4, -0.2) is 54.8 Å². The molecule has 3 aliphatic rings. The number of nitrogens with zero attached hydrogens (tertiary/aromatic N) is 2. The second-order valence-corrected chi connectivity index (χ2v) is 8.59. The highest BCUT2D eigenvalue weighted by atomic mass is 32.2. The van der Waals surface area contributed by atoms with Gasteiger partial charge < -0.3 is 15.0 Å². The Kier molecular flexibility index (Phi) is 4.46. The molecule has 1 spiro atoms. The molecule has 3 saturated heterocycles. The van der Waals surface area contributed by atoms with Gasteiger partial charge in [0.1, 0.15) is 11.9 Å². The number of hydrogen-bond acceptors (Lipinski definition) is 5. The third-order valence-electron chi connectivity index (χ3n) is 5.26. The monoisotopic (exact) mass is 379 g/mol. The minimum atomic E-state index is -0.516. The first-order valence-electron chi connectivity index (χ1n) is 8.87. The van der Waals surface area contributed by atoms with Crippen molar-refractivity contribution in [2.75, 3.05) is 41.7 Å². The highest BCUT2D eigenvalue weighted by Crippen LogP contribution is 2.52. The number of carbonyl (C=O) groups excluding carboxylic acids is 2. The van der Waals surface area contributed by atoms with Crippen LogP contribution in [-0.2, 0) is 9.53 Å². The first kappa shape index (κ1) is 17.5. The minimum Gasteiger partial charge on any atom is -0.442 e. The smallest absolute Gasteiger partial charge is 0.414 e. The maximum atomic E-state index is 14.7. The van der Waals surface area contributed by atoms with Crippen LogP contribution in [0.2, 0.25) is 0 Å². The van der Waals surface area contributed by atoms with Crippen molar-refractivity contribution in [1.82, 2.24) is 5.32 Å². The summed E-state index contributed by atoms with van der Waals surface area (Å²) in [6, 6.07) is 4.90. The van der Waals surface area contributed by atoms with Crippen molar-refractivity contribution in [1.29, 1.82) is 0 Å². The Bertz CT molecular complexity index is 730. The van der Waals surface area contributed by atoms with E-state index in [9.17, 15) is 14.0 Å². The molecule has 1 aromatic carbocycles. The number of amides is 2. The highest BCUT2D eigenvalue weighted by Gasteiger charge is 2.46. The average Bonchev–Trinajstić information content (AvgIpc) is 3.26. The zero-order valence-corrected chi connectivity index (χ0v) is 15.5. The van der Waals surface area contributed by atoms with E-state index < -0.39 is 12.2 Å². The number of hydrogen-bond donors (Lipinski definition) is 1. The molecule has 4 rings (SSSR count). The highest BCUT2D eigenvalue weighted by molar-refractivity contribution is 8.07. The van der Waals surface area contributed by atoms with Crippen molar-refractivity contribution in [3.8, 4) is 0 Å². The summed E-state index contributed by atoms with van der Waals surface area (Å²) in [7, 11) is 0. The number of piperidine rings is 1. The molecule has 6 nitrogen and oxygen atoms in total. The van der Waals surface area contributed by atoms with E-state index in [-0.39, 0.29) is 18.3 Å². The molecule has 8 heteroatoms. The number of halogens is 1. The lowest BCUT2D eigenvalue weighted by Crippen LogP contribution is -2.37. The van der Waals surface area contributed by atoms with Gasteiger partial charge in [-0.3, -0.25) is 9.69 Å². The van der Waals surface area contributed by atoms with E-state index in [1.54, 1.807) is 12.1 Å². The van der Waals surface area contributed by atoms with Crippen molar-refractivity contribution in [3.63, 3.8) is 0 Å². The molecule has 140 valence electrons. The maximum absolute atomic E-state index is 14.7. The number of anilines is 2. The van der Waals surface area contributed by atoms with Crippen molar-refractivity contribution < 1.29 is 18.7 Å².